The first-order valence-corrected chi connectivity index (χ1v) is 11.5. The van der Waals surface area contributed by atoms with E-state index < -0.39 is 36.6 Å². The van der Waals surface area contributed by atoms with Crippen LogP contribution in [0, 0.1) is 0 Å². The van der Waals surface area contributed by atoms with Crippen molar-refractivity contribution >= 4 is 30.8 Å². The second-order valence-corrected chi connectivity index (χ2v) is 11.3. The largest absolute Gasteiger partial charge is 0.330 e. The Bertz CT molecular complexity index is 1270. The molecule has 1 saturated heterocycles. The lowest BCUT2D eigenvalue weighted by Crippen LogP contribution is -2.48. The standard InChI is InChI=1S/C16H21N3O6S2/c1-16(7-8-26(22,23)10-16)19(4)27(24,25)11-5-6-13-12(9-11)14(20)18(3)15(21)17(13)2/h5-6,9H,7-8,10H2,1-4H3. The van der Waals surface area contributed by atoms with Crippen LogP contribution in [0.1, 0.15) is 13.3 Å². The average molecular weight is 415 g/mol. The van der Waals surface area contributed by atoms with Crippen molar-refractivity contribution in [3.05, 3.63) is 39.0 Å². The van der Waals surface area contributed by atoms with Crippen LogP contribution in [0.25, 0.3) is 10.9 Å². The summed E-state index contributed by atoms with van der Waals surface area (Å²) in [6.07, 6.45) is 0.203. The van der Waals surface area contributed by atoms with Crippen molar-refractivity contribution in [3.63, 3.8) is 0 Å². The molecule has 0 aliphatic carbocycles. The number of sulfone groups is 1. The monoisotopic (exact) mass is 415 g/mol. The summed E-state index contributed by atoms with van der Waals surface area (Å²) in [7, 11) is -3.18. The van der Waals surface area contributed by atoms with Crippen LogP contribution in [-0.4, -0.2) is 54.4 Å². The summed E-state index contributed by atoms with van der Waals surface area (Å²) in [6, 6.07) is 3.96. The van der Waals surface area contributed by atoms with E-state index >= 15 is 0 Å². The highest BCUT2D eigenvalue weighted by Crippen LogP contribution is 2.33. The van der Waals surface area contributed by atoms with Gasteiger partial charge < -0.3 is 0 Å². The first-order valence-electron chi connectivity index (χ1n) is 8.19. The van der Waals surface area contributed by atoms with Crippen LogP contribution in [0.4, 0.5) is 0 Å². The van der Waals surface area contributed by atoms with Crippen molar-refractivity contribution in [3.8, 4) is 0 Å². The van der Waals surface area contributed by atoms with Crippen molar-refractivity contribution < 1.29 is 16.8 Å². The number of hydrogen-bond donors (Lipinski definition) is 0. The highest BCUT2D eigenvalue weighted by atomic mass is 32.2. The molecule has 1 fully saturated rings. The van der Waals surface area contributed by atoms with Crippen LogP contribution < -0.4 is 11.2 Å². The minimum Gasteiger partial charge on any atom is -0.296 e. The van der Waals surface area contributed by atoms with Crippen LogP contribution in [-0.2, 0) is 34.0 Å². The van der Waals surface area contributed by atoms with Gasteiger partial charge in [-0.25, -0.2) is 21.6 Å². The normalized spacial score (nSPS) is 22.6. The van der Waals surface area contributed by atoms with E-state index in [1.54, 1.807) is 6.92 Å². The summed E-state index contributed by atoms with van der Waals surface area (Å²) in [4.78, 5) is 24.3. The van der Waals surface area contributed by atoms with E-state index in [4.69, 9.17) is 0 Å². The smallest absolute Gasteiger partial charge is 0.296 e. The Morgan fingerprint density at radius 2 is 1.78 bits per heavy atom. The van der Waals surface area contributed by atoms with Crippen molar-refractivity contribution in [2.75, 3.05) is 18.6 Å². The third kappa shape index (κ3) is 3.03. The number of sulfonamides is 1. The zero-order chi connectivity index (χ0) is 20.4. The van der Waals surface area contributed by atoms with Gasteiger partial charge in [0, 0.05) is 26.7 Å². The summed E-state index contributed by atoms with van der Waals surface area (Å²) >= 11 is 0. The lowest BCUT2D eigenvalue weighted by molar-refractivity contribution is 0.273. The lowest BCUT2D eigenvalue weighted by Gasteiger charge is -2.33. The highest BCUT2D eigenvalue weighted by Gasteiger charge is 2.46. The summed E-state index contributed by atoms with van der Waals surface area (Å²) in [6.45, 7) is 1.60. The Kier molecular flexibility index (Phi) is 4.40. The number of nitrogens with zero attached hydrogens (tertiary/aromatic N) is 3. The molecule has 1 aromatic heterocycles. The summed E-state index contributed by atoms with van der Waals surface area (Å²) in [5.41, 5.74) is -1.84. The number of hydrogen-bond acceptors (Lipinski definition) is 6. The van der Waals surface area contributed by atoms with E-state index in [0.29, 0.717) is 5.52 Å². The summed E-state index contributed by atoms with van der Waals surface area (Å²) < 4.78 is 53.1. The summed E-state index contributed by atoms with van der Waals surface area (Å²) in [5, 5.41) is 0.0956. The highest BCUT2D eigenvalue weighted by molar-refractivity contribution is 7.92. The molecule has 0 saturated carbocycles. The molecule has 3 rings (SSSR count). The first-order chi connectivity index (χ1) is 12.3. The molecule has 1 unspecified atom stereocenters. The van der Waals surface area contributed by atoms with Gasteiger partial charge in [-0.05, 0) is 31.5 Å². The van der Waals surface area contributed by atoms with Gasteiger partial charge in [-0.2, -0.15) is 4.31 Å². The minimum absolute atomic E-state index is 0.0657. The fourth-order valence-corrected chi connectivity index (χ4v) is 7.25. The van der Waals surface area contributed by atoms with Gasteiger partial charge in [0.15, 0.2) is 9.84 Å². The van der Waals surface area contributed by atoms with Gasteiger partial charge in [0.05, 0.1) is 27.3 Å². The van der Waals surface area contributed by atoms with Gasteiger partial charge in [-0.15, -0.1) is 0 Å². The molecule has 27 heavy (non-hydrogen) atoms. The molecule has 1 aromatic carbocycles. The zero-order valence-electron chi connectivity index (χ0n) is 15.5. The molecule has 11 heteroatoms. The van der Waals surface area contributed by atoms with Gasteiger partial charge in [0.25, 0.3) is 5.56 Å². The Morgan fingerprint density at radius 3 is 2.33 bits per heavy atom. The van der Waals surface area contributed by atoms with Gasteiger partial charge in [-0.1, -0.05) is 0 Å². The molecule has 1 aliphatic heterocycles. The average Bonchev–Trinajstić information content (AvgIpc) is 2.91. The maximum absolute atomic E-state index is 13.1. The third-order valence-electron chi connectivity index (χ3n) is 5.34. The second-order valence-electron chi connectivity index (χ2n) is 7.20. The predicted molar refractivity (Wildman–Crippen MR) is 101 cm³/mol. The van der Waals surface area contributed by atoms with E-state index in [2.05, 4.69) is 0 Å². The van der Waals surface area contributed by atoms with E-state index in [1.165, 1.54) is 43.9 Å². The molecule has 0 N–H and O–H groups in total. The Hall–Kier alpha value is -1.98. The topological polar surface area (TPSA) is 116 Å². The van der Waals surface area contributed by atoms with Crippen LogP contribution in [0.3, 0.4) is 0 Å². The molecule has 1 atom stereocenters. The predicted octanol–water partition coefficient (Wildman–Crippen LogP) is -0.565. The fourth-order valence-electron chi connectivity index (χ4n) is 3.43. The number of fused-ring (bicyclic) bond motifs is 1. The van der Waals surface area contributed by atoms with E-state index in [9.17, 15) is 26.4 Å². The molecule has 0 spiro atoms. The lowest BCUT2D eigenvalue weighted by atomic mass is 10.0. The summed E-state index contributed by atoms with van der Waals surface area (Å²) in [5.74, 6) is -0.316. The molecule has 2 heterocycles. The first kappa shape index (κ1) is 19.8. The molecule has 2 aromatic rings. The number of rotatable bonds is 3. The second kappa shape index (κ2) is 6.01. The van der Waals surface area contributed by atoms with Gasteiger partial charge >= 0.3 is 5.69 Å². The van der Waals surface area contributed by atoms with Crippen LogP contribution in [0.15, 0.2) is 32.7 Å². The SMILES string of the molecule is CN(C1(C)CCS(=O)(=O)C1)S(=O)(=O)c1ccc2c(c1)c(=O)n(C)c(=O)n2C. The quantitative estimate of drug-likeness (QED) is 0.663. The van der Waals surface area contributed by atoms with E-state index in [-0.39, 0.29) is 28.2 Å². The van der Waals surface area contributed by atoms with Crippen molar-refractivity contribution in [2.45, 2.75) is 23.8 Å². The number of aromatic nitrogens is 2. The molecule has 9 nitrogen and oxygen atoms in total. The number of benzene rings is 1. The molecular weight excluding hydrogens is 394 g/mol. The van der Waals surface area contributed by atoms with E-state index in [1.807, 2.05) is 0 Å². The van der Waals surface area contributed by atoms with Crippen molar-refractivity contribution in [1.29, 1.82) is 0 Å². The maximum atomic E-state index is 13.1. The van der Waals surface area contributed by atoms with Crippen molar-refractivity contribution in [2.24, 2.45) is 14.1 Å². The zero-order valence-corrected chi connectivity index (χ0v) is 17.1. The molecular formula is C16H21N3O6S2. The fraction of sp³-hybridized carbons (Fsp3) is 0.500. The molecule has 0 amide bonds. The molecule has 1 aliphatic rings. The molecule has 0 radical (unpaired) electrons. The van der Waals surface area contributed by atoms with Crippen molar-refractivity contribution in [1.82, 2.24) is 13.4 Å². The molecule has 148 valence electrons. The maximum Gasteiger partial charge on any atom is 0.330 e. The minimum atomic E-state index is -4.04. The van der Waals surface area contributed by atoms with Gasteiger partial charge in [-0.3, -0.25) is 13.9 Å². The van der Waals surface area contributed by atoms with Crippen LogP contribution in [0.5, 0.6) is 0 Å². The van der Waals surface area contributed by atoms with Crippen LogP contribution >= 0.6 is 0 Å². The Labute approximate surface area is 156 Å². The van der Waals surface area contributed by atoms with Gasteiger partial charge in [0.1, 0.15) is 0 Å². The number of aryl methyl sites for hydroxylation is 1. The van der Waals surface area contributed by atoms with E-state index in [0.717, 1.165) is 8.87 Å². The third-order valence-corrected chi connectivity index (χ3v) is 9.24. The Balaban J connectivity index is 2.17. The van der Waals surface area contributed by atoms with Crippen LogP contribution in [0.2, 0.25) is 0 Å². The van der Waals surface area contributed by atoms with Gasteiger partial charge in [0.2, 0.25) is 10.0 Å². The molecule has 0 bridgehead atoms. The Morgan fingerprint density at radius 1 is 1.15 bits per heavy atom.